The van der Waals surface area contributed by atoms with Crippen molar-refractivity contribution in [3.8, 4) is 17.2 Å². The second kappa shape index (κ2) is 6.83. The van der Waals surface area contributed by atoms with Crippen LogP contribution in [-0.4, -0.2) is 24.3 Å². The first-order valence-electron chi connectivity index (χ1n) is 11.6. The largest absolute Gasteiger partial charge is 0.507 e. The number of phenolic OH excluding ortho intramolecular Hbond substituents is 2. The second-order valence-electron chi connectivity index (χ2n) is 11.4. The van der Waals surface area contributed by atoms with E-state index >= 15 is 0 Å². The van der Waals surface area contributed by atoms with Crippen LogP contribution in [0.3, 0.4) is 0 Å². The van der Waals surface area contributed by atoms with Crippen LogP contribution < -0.4 is 0 Å². The molecule has 2 N–H and O–H groups in total. The molecule has 33 heavy (non-hydrogen) atoms. The fourth-order valence-corrected chi connectivity index (χ4v) is 4.66. The molecule has 3 aromatic carbocycles. The van der Waals surface area contributed by atoms with Crippen molar-refractivity contribution in [3.63, 3.8) is 0 Å². The van der Waals surface area contributed by atoms with E-state index in [-0.39, 0.29) is 16.6 Å². The van der Waals surface area contributed by atoms with Gasteiger partial charge in [-0.1, -0.05) is 77.4 Å². The van der Waals surface area contributed by atoms with Crippen LogP contribution in [0.5, 0.6) is 11.5 Å². The van der Waals surface area contributed by atoms with Crippen LogP contribution in [0.15, 0.2) is 48.5 Å². The van der Waals surface area contributed by atoms with Crippen molar-refractivity contribution in [1.82, 2.24) is 14.1 Å². The highest BCUT2D eigenvalue weighted by molar-refractivity contribution is 5.79. The van der Waals surface area contributed by atoms with E-state index in [2.05, 4.69) is 88.1 Å². The number of aryl methyl sites for hydroxylation is 1. The predicted molar refractivity (Wildman–Crippen MR) is 134 cm³/mol. The van der Waals surface area contributed by atoms with Gasteiger partial charge >= 0.3 is 0 Å². The molecule has 0 aliphatic carbocycles. The van der Waals surface area contributed by atoms with Crippen LogP contribution in [0.4, 0.5) is 0 Å². The number of para-hydroxylation sites is 2. The van der Waals surface area contributed by atoms with Crippen molar-refractivity contribution in [2.75, 3.05) is 0 Å². The molecule has 5 rings (SSSR count). The molecule has 0 amide bonds. The van der Waals surface area contributed by atoms with Crippen LogP contribution >= 0.6 is 0 Å². The van der Waals surface area contributed by atoms with Gasteiger partial charge in [-0.2, -0.15) is 0 Å². The maximum Gasteiger partial charge on any atom is 0.146 e. The van der Waals surface area contributed by atoms with Crippen LogP contribution in [0.25, 0.3) is 16.7 Å². The van der Waals surface area contributed by atoms with Crippen LogP contribution in [-0.2, 0) is 17.3 Å². The number of aromatic nitrogens is 3. The molecule has 0 aliphatic rings. The van der Waals surface area contributed by atoms with Crippen LogP contribution in [0.2, 0.25) is 0 Å². The fourth-order valence-electron chi connectivity index (χ4n) is 4.66. The van der Waals surface area contributed by atoms with Crippen molar-refractivity contribution in [3.05, 3.63) is 76.3 Å². The summed E-state index contributed by atoms with van der Waals surface area (Å²) < 4.78 is 4.12. The average molecular weight is 444 g/mol. The lowest BCUT2D eigenvalue weighted by Crippen LogP contribution is -2.14. The Morgan fingerprint density at radius 1 is 0.727 bits per heavy atom. The lowest BCUT2D eigenvalue weighted by molar-refractivity contribution is 0.439. The Morgan fingerprint density at radius 3 is 1.85 bits per heavy atom. The molecule has 0 aliphatic heterocycles. The summed E-state index contributed by atoms with van der Waals surface area (Å²) in [5, 5.41) is 22.5. The molecule has 5 aromatic rings. The van der Waals surface area contributed by atoms with Gasteiger partial charge in [0.25, 0.3) is 0 Å². The number of fused-ring (bicyclic) bond motifs is 4. The normalized spacial score (nSPS) is 13.1. The van der Waals surface area contributed by atoms with E-state index in [1.165, 1.54) is 0 Å². The summed E-state index contributed by atoms with van der Waals surface area (Å²) in [6.45, 7) is 14.9. The van der Waals surface area contributed by atoms with Crippen molar-refractivity contribution in [2.24, 2.45) is 0 Å². The summed E-state index contributed by atoms with van der Waals surface area (Å²) in [6, 6.07) is 16.5. The molecule has 2 aromatic heterocycles. The zero-order chi connectivity index (χ0) is 23.9. The van der Waals surface area contributed by atoms with E-state index in [0.717, 1.165) is 44.5 Å². The molecule has 172 valence electrons. The minimum Gasteiger partial charge on any atom is -0.507 e. The maximum absolute atomic E-state index is 11.4. The highest BCUT2D eigenvalue weighted by Gasteiger charge is 2.29. The number of benzene rings is 3. The smallest absolute Gasteiger partial charge is 0.146 e. The van der Waals surface area contributed by atoms with E-state index in [0.29, 0.717) is 12.2 Å². The lowest BCUT2D eigenvalue weighted by atomic mass is 9.82. The Hall–Kier alpha value is -3.34. The molecule has 5 nitrogen and oxygen atoms in total. The van der Waals surface area contributed by atoms with Gasteiger partial charge in [0, 0.05) is 12.0 Å². The van der Waals surface area contributed by atoms with Crippen molar-refractivity contribution >= 4 is 11.0 Å². The summed E-state index contributed by atoms with van der Waals surface area (Å²) in [5.74, 6) is 0.573. The molecule has 0 unspecified atom stereocenters. The second-order valence-corrected chi connectivity index (χ2v) is 11.4. The van der Waals surface area contributed by atoms with Crippen molar-refractivity contribution in [2.45, 2.75) is 65.7 Å². The standard InChI is InChI=1S/C28H33N3O2/c1-17-12-18(25(32)21(13-17)28(5,6)7)14-19-15-20(27(2,3)4)16-24(26(19)33)31-29-22-10-8-9-11-23(22)30(29)31/h8-13,15-16,32-33H,14H2,1-7H3. The molecule has 5 heteroatoms. The summed E-state index contributed by atoms with van der Waals surface area (Å²) in [6.07, 6.45) is 0.458. The van der Waals surface area contributed by atoms with Crippen LogP contribution in [0.1, 0.15) is 69.4 Å². The Labute approximate surface area is 194 Å². The predicted octanol–water partition coefficient (Wildman–Crippen LogP) is 6.33. The number of phenols is 2. The maximum atomic E-state index is 11.4. The van der Waals surface area contributed by atoms with Gasteiger partial charge in [0.1, 0.15) is 28.2 Å². The lowest BCUT2D eigenvalue weighted by Gasteiger charge is -2.24. The fraction of sp³-hybridized carbons (Fsp3) is 0.357. The first-order chi connectivity index (χ1) is 15.4. The molecular weight excluding hydrogens is 410 g/mol. The molecule has 0 saturated heterocycles. The molecule has 2 heterocycles. The number of rotatable bonds is 3. The molecular formula is C28H33N3O2. The van der Waals surface area contributed by atoms with Gasteiger partial charge in [-0.3, -0.25) is 0 Å². The van der Waals surface area contributed by atoms with Gasteiger partial charge < -0.3 is 10.2 Å². The Balaban J connectivity index is 1.67. The van der Waals surface area contributed by atoms with Gasteiger partial charge in [-0.15, -0.1) is 14.1 Å². The third-order valence-corrected chi connectivity index (χ3v) is 6.59. The summed E-state index contributed by atoms with van der Waals surface area (Å²) >= 11 is 0. The highest BCUT2D eigenvalue weighted by Crippen LogP contribution is 2.40. The number of hydrogen-bond donors (Lipinski definition) is 2. The van der Waals surface area contributed by atoms with Gasteiger partial charge in [0.15, 0.2) is 0 Å². The van der Waals surface area contributed by atoms with Gasteiger partial charge in [0.05, 0.1) is 0 Å². The topological polar surface area (TPSA) is 54.2 Å². The minimum atomic E-state index is -0.170. The van der Waals surface area contributed by atoms with Crippen molar-refractivity contribution < 1.29 is 10.2 Å². The minimum absolute atomic E-state index is 0.0883. The van der Waals surface area contributed by atoms with E-state index in [4.69, 9.17) is 0 Å². The monoisotopic (exact) mass is 443 g/mol. The van der Waals surface area contributed by atoms with Gasteiger partial charge in [0.2, 0.25) is 0 Å². The first-order valence-corrected chi connectivity index (χ1v) is 11.6. The molecule has 0 radical (unpaired) electrons. The average Bonchev–Trinajstić information content (AvgIpc) is 3.37. The molecule has 0 saturated carbocycles. The quantitative estimate of drug-likeness (QED) is 0.342. The van der Waals surface area contributed by atoms with E-state index in [9.17, 15) is 10.2 Å². The Morgan fingerprint density at radius 2 is 1.30 bits per heavy atom. The zero-order valence-corrected chi connectivity index (χ0v) is 20.6. The SMILES string of the molecule is Cc1cc(Cc2cc(C(C)(C)C)cc(-n3n4c5ccccc5n34)c2O)c(O)c(C(C)(C)C)c1. The molecule has 0 bridgehead atoms. The summed E-state index contributed by atoms with van der Waals surface area (Å²) in [5.41, 5.74) is 7.60. The third kappa shape index (κ3) is 3.38. The number of nitrogens with zero attached hydrogens (tertiary/aromatic N) is 3. The van der Waals surface area contributed by atoms with E-state index < -0.39 is 0 Å². The Bertz CT molecular complexity index is 1440. The summed E-state index contributed by atoms with van der Waals surface area (Å²) in [7, 11) is 0. The first kappa shape index (κ1) is 21.5. The molecule has 0 atom stereocenters. The highest BCUT2D eigenvalue weighted by atomic mass is 16.3. The zero-order valence-electron chi connectivity index (χ0n) is 20.6. The van der Waals surface area contributed by atoms with Gasteiger partial charge in [-0.05, 0) is 52.6 Å². The van der Waals surface area contributed by atoms with Crippen molar-refractivity contribution in [1.29, 1.82) is 0 Å². The Kier molecular flexibility index (Phi) is 4.45. The third-order valence-electron chi connectivity index (χ3n) is 6.59. The molecule has 0 fully saturated rings. The summed E-state index contributed by atoms with van der Waals surface area (Å²) in [4.78, 5) is 2.01. The van der Waals surface area contributed by atoms with E-state index in [1.54, 1.807) is 0 Å². The van der Waals surface area contributed by atoms with Gasteiger partial charge in [-0.25, -0.2) is 0 Å². The number of hydrogen-bond acceptors (Lipinski definition) is 2. The molecule has 0 spiro atoms. The van der Waals surface area contributed by atoms with Crippen LogP contribution in [0, 0.1) is 6.92 Å². The number of aromatic hydroxyl groups is 2. The van der Waals surface area contributed by atoms with E-state index in [1.807, 2.05) is 23.0 Å².